The average molecular weight is 277 g/mol. The number of benzene rings is 1. The molecule has 1 aromatic carbocycles. The Morgan fingerprint density at radius 1 is 1.31 bits per heavy atom. The fourth-order valence-corrected chi connectivity index (χ4v) is 2.25. The Morgan fingerprint density at radius 3 is 3.00 bits per heavy atom. The topological polar surface area (TPSA) is 26.5 Å². The standard InChI is InChI=1S/C12H9BrN2O/c1-16-8-5-6-15-10-4-2-3-9(13)12(10)14-11(15)7-8/h2-7H,1H3. The second-order valence-electron chi connectivity index (χ2n) is 3.51. The molecule has 0 amide bonds. The van der Waals surface area contributed by atoms with Gasteiger partial charge in [-0.2, -0.15) is 0 Å². The number of fused-ring (bicyclic) bond motifs is 3. The number of methoxy groups -OCH3 is 1. The van der Waals surface area contributed by atoms with Crippen molar-refractivity contribution in [2.24, 2.45) is 0 Å². The molecule has 0 fully saturated rings. The Balaban J connectivity index is 2.45. The Hall–Kier alpha value is -1.55. The zero-order valence-electron chi connectivity index (χ0n) is 8.64. The summed E-state index contributed by atoms with van der Waals surface area (Å²) in [4.78, 5) is 4.56. The molecule has 3 rings (SSSR count). The van der Waals surface area contributed by atoms with E-state index in [1.807, 2.05) is 40.9 Å². The van der Waals surface area contributed by atoms with Gasteiger partial charge < -0.3 is 4.74 Å². The van der Waals surface area contributed by atoms with Crippen LogP contribution in [0.2, 0.25) is 0 Å². The number of halogens is 1. The number of aromatic nitrogens is 2. The number of para-hydroxylation sites is 1. The van der Waals surface area contributed by atoms with Gasteiger partial charge in [-0.25, -0.2) is 4.98 Å². The monoisotopic (exact) mass is 276 g/mol. The van der Waals surface area contributed by atoms with Gasteiger partial charge in [0.15, 0.2) is 0 Å². The molecule has 2 heterocycles. The summed E-state index contributed by atoms with van der Waals surface area (Å²) in [5.41, 5.74) is 2.95. The number of hydrogen-bond donors (Lipinski definition) is 0. The summed E-state index contributed by atoms with van der Waals surface area (Å²) in [6.07, 6.45) is 1.97. The van der Waals surface area contributed by atoms with Crippen molar-refractivity contribution in [3.8, 4) is 5.75 Å². The van der Waals surface area contributed by atoms with Crippen molar-refractivity contribution in [3.63, 3.8) is 0 Å². The lowest BCUT2D eigenvalue weighted by Gasteiger charge is -1.99. The second kappa shape index (κ2) is 3.49. The molecule has 16 heavy (non-hydrogen) atoms. The second-order valence-corrected chi connectivity index (χ2v) is 4.37. The lowest BCUT2D eigenvalue weighted by atomic mass is 10.3. The van der Waals surface area contributed by atoms with Gasteiger partial charge in [0.05, 0.1) is 12.6 Å². The maximum absolute atomic E-state index is 5.18. The van der Waals surface area contributed by atoms with Crippen molar-refractivity contribution < 1.29 is 4.74 Å². The molecule has 0 N–H and O–H groups in total. The van der Waals surface area contributed by atoms with Crippen LogP contribution in [0, 0.1) is 0 Å². The molecule has 3 aromatic rings. The summed E-state index contributed by atoms with van der Waals surface area (Å²) in [5.74, 6) is 0.818. The molecule has 0 aliphatic rings. The normalized spacial score (nSPS) is 11.1. The van der Waals surface area contributed by atoms with Gasteiger partial charge >= 0.3 is 0 Å². The molecule has 0 unspecified atom stereocenters. The summed E-state index contributed by atoms with van der Waals surface area (Å²) < 4.78 is 8.23. The van der Waals surface area contributed by atoms with Gasteiger partial charge in [-0.1, -0.05) is 6.07 Å². The Morgan fingerprint density at radius 2 is 2.19 bits per heavy atom. The number of hydrogen-bond acceptors (Lipinski definition) is 2. The first-order valence-corrected chi connectivity index (χ1v) is 5.69. The van der Waals surface area contributed by atoms with Crippen LogP contribution in [0.3, 0.4) is 0 Å². The summed E-state index contributed by atoms with van der Waals surface area (Å²) in [7, 11) is 1.66. The number of ether oxygens (including phenoxy) is 1. The highest BCUT2D eigenvalue weighted by molar-refractivity contribution is 9.10. The van der Waals surface area contributed by atoms with Crippen molar-refractivity contribution in [1.29, 1.82) is 0 Å². The van der Waals surface area contributed by atoms with Crippen LogP contribution >= 0.6 is 15.9 Å². The largest absolute Gasteiger partial charge is 0.497 e. The maximum Gasteiger partial charge on any atom is 0.141 e. The fraction of sp³-hybridized carbons (Fsp3) is 0.0833. The van der Waals surface area contributed by atoms with Crippen molar-refractivity contribution in [1.82, 2.24) is 9.38 Å². The first kappa shape index (κ1) is 9.66. The average Bonchev–Trinajstić information content (AvgIpc) is 2.68. The zero-order valence-corrected chi connectivity index (χ0v) is 10.2. The van der Waals surface area contributed by atoms with E-state index in [2.05, 4.69) is 20.9 Å². The van der Waals surface area contributed by atoms with Gasteiger partial charge in [0.2, 0.25) is 0 Å². The maximum atomic E-state index is 5.18. The quantitative estimate of drug-likeness (QED) is 0.682. The van der Waals surface area contributed by atoms with Gasteiger partial charge in [0.1, 0.15) is 16.9 Å². The molecule has 0 bridgehead atoms. The number of imidazole rings is 1. The minimum absolute atomic E-state index is 0.818. The molecule has 0 spiro atoms. The van der Waals surface area contributed by atoms with E-state index in [0.717, 1.165) is 26.9 Å². The van der Waals surface area contributed by atoms with Gasteiger partial charge in [0.25, 0.3) is 0 Å². The van der Waals surface area contributed by atoms with Gasteiger partial charge in [0, 0.05) is 16.7 Å². The lowest BCUT2D eigenvalue weighted by Crippen LogP contribution is -1.87. The van der Waals surface area contributed by atoms with Crippen molar-refractivity contribution in [2.45, 2.75) is 0 Å². The van der Waals surface area contributed by atoms with E-state index < -0.39 is 0 Å². The molecule has 80 valence electrons. The molecule has 0 saturated heterocycles. The predicted molar refractivity (Wildman–Crippen MR) is 67.0 cm³/mol. The summed E-state index contributed by atoms with van der Waals surface area (Å²) in [6.45, 7) is 0. The van der Waals surface area contributed by atoms with Crippen LogP contribution in [0.1, 0.15) is 0 Å². The van der Waals surface area contributed by atoms with E-state index in [-0.39, 0.29) is 0 Å². The Kier molecular flexibility index (Phi) is 2.11. The Labute approximate surface area is 101 Å². The summed E-state index contributed by atoms with van der Waals surface area (Å²) >= 11 is 3.50. The summed E-state index contributed by atoms with van der Waals surface area (Å²) in [6, 6.07) is 9.89. The Bertz CT molecular complexity index is 675. The SMILES string of the molecule is COc1ccn2c(c1)nc1c(Br)cccc12. The van der Waals surface area contributed by atoms with Crippen molar-refractivity contribution in [2.75, 3.05) is 7.11 Å². The third kappa shape index (κ3) is 1.30. The van der Waals surface area contributed by atoms with Crippen LogP contribution in [0.4, 0.5) is 0 Å². The highest BCUT2D eigenvalue weighted by Gasteiger charge is 2.07. The van der Waals surface area contributed by atoms with E-state index >= 15 is 0 Å². The lowest BCUT2D eigenvalue weighted by molar-refractivity contribution is 0.414. The van der Waals surface area contributed by atoms with Crippen LogP contribution in [0.25, 0.3) is 16.7 Å². The molecule has 0 aliphatic carbocycles. The molecular formula is C12H9BrN2O. The molecule has 0 saturated carbocycles. The van der Waals surface area contributed by atoms with Crippen LogP contribution < -0.4 is 4.74 Å². The first-order valence-electron chi connectivity index (χ1n) is 4.90. The van der Waals surface area contributed by atoms with E-state index in [4.69, 9.17) is 4.74 Å². The summed E-state index contributed by atoms with van der Waals surface area (Å²) in [5, 5.41) is 0. The number of pyridine rings is 1. The third-order valence-corrected chi connectivity index (χ3v) is 3.23. The highest BCUT2D eigenvalue weighted by Crippen LogP contribution is 2.25. The smallest absolute Gasteiger partial charge is 0.141 e. The van der Waals surface area contributed by atoms with Crippen molar-refractivity contribution in [3.05, 3.63) is 41.0 Å². The molecular weight excluding hydrogens is 268 g/mol. The van der Waals surface area contributed by atoms with Gasteiger partial charge in [-0.3, -0.25) is 4.40 Å². The number of rotatable bonds is 1. The molecule has 3 nitrogen and oxygen atoms in total. The van der Waals surface area contributed by atoms with Crippen LogP contribution in [-0.4, -0.2) is 16.5 Å². The van der Waals surface area contributed by atoms with E-state index in [0.29, 0.717) is 0 Å². The minimum Gasteiger partial charge on any atom is -0.497 e. The molecule has 0 aliphatic heterocycles. The molecule has 0 radical (unpaired) electrons. The van der Waals surface area contributed by atoms with Gasteiger partial charge in [-0.05, 0) is 34.1 Å². The first-order chi connectivity index (χ1) is 7.79. The van der Waals surface area contributed by atoms with Gasteiger partial charge in [-0.15, -0.1) is 0 Å². The van der Waals surface area contributed by atoms with E-state index in [1.165, 1.54) is 0 Å². The van der Waals surface area contributed by atoms with E-state index in [1.54, 1.807) is 7.11 Å². The number of nitrogens with zero attached hydrogens (tertiary/aromatic N) is 2. The van der Waals surface area contributed by atoms with Crippen LogP contribution in [0.5, 0.6) is 5.75 Å². The van der Waals surface area contributed by atoms with Crippen LogP contribution in [-0.2, 0) is 0 Å². The van der Waals surface area contributed by atoms with Crippen LogP contribution in [0.15, 0.2) is 41.0 Å². The molecule has 2 aromatic heterocycles. The van der Waals surface area contributed by atoms with Crippen molar-refractivity contribution >= 4 is 32.6 Å². The fourth-order valence-electron chi connectivity index (χ4n) is 1.81. The highest BCUT2D eigenvalue weighted by atomic mass is 79.9. The molecule has 4 heteroatoms. The van der Waals surface area contributed by atoms with E-state index in [9.17, 15) is 0 Å². The zero-order chi connectivity index (χ0) is 11.1. The predicted octanol–water partition coefficient (Wildman–Crippen LogP) is 3.26. The molecule has 0 atom stereocenters. The minimum atomic E-state index is 0.818. The third-order valence-electron chi connectivity index (χ3n) is 2.59.